The molecular weight excluding hydrogens is 352 g/mol. The molecule has 0 unspecified atom stereocenters. The van der Waals surface area contributed by atoms with Crippen molar-refractivity contribution in [2.75, 3.05) is 10.6 Å². The fraction of sp³-hybridized carbons (Fsp3) is 0. The molecule has 2 aromatic carbocycles. The Morgan fingerprint density at radius 2 is 1.62 bits per heavy atom. The van der Waals surface area contributed by atoms with E-state index >= 15 is 0 Å². The molecule has 132 valence electrons. The van der Waals surface area contributed by atoms with Gasteiger partial charge in [-0.1, -0.05) is 12.1 Å². The van der Waals surface area contributed by atoms with E-state index in [1.165, 1.54) is 24.3 Å². The van der Waals surface area contributed by atoms with Gasteiger partial charge in [-0.05, 0) is 24.3 Å². The van der Waals surface area contributed by atoms with Crippen molar-refractivity contribution in [1.29, 1.82) is 0 Å². The third-order valence-electron chi connectivity index (χ3n) is 3.32. The highest BCUT2D eigenvalue weighted by atomic mass is 19.2. The van der Waals surface area contributed by atoms with Gasteiger partial charge in [0, 0.05) is 6.07 Å². The zero-order valence-corrected chi connectivity index (χ0v) is 12.9. The number of amides is 1. The summed E-state index contributed by atoms with van der Waals surface area (Å²) < 4.78 is 53.4. The second-order valence-corrected chi connectivity index (χ2v) is 5.07. The van der Waals surface area contributed by atoms with Crippen molar-refractivity contribution in [3.63, 3.8) is 0 Å². The molecular formula is C17H10F4N4O. The Bertz CT molecular complexity index is 981. The number of para-hydroxylation sites is 1. The predicted octanol–water partition coefficient (Wildman–Crippen LogP) is 4.03. The van der Waals surface area contributed by atoms with Crippen LogP contribution in [0.15, 0.2) is 48.8 Å². The first-order valence-electron chi connectivity index (χ1n) is 7.24. The van der Waals surface area contributed by atoms with Crippen molar-refractivity contribution in [1.82, 2.24) is 9.97 Å². The van der Waals surface area contributed by atoms with E-state index in [4.69, 9.17) is 0 Å². The van der Waals surface area contributed by atoms with Gasteiger partial charge in [-0.15, -0.1) is 0 Å². The lowest BCUT2D eigenvalue weighted by Crippen LogP contribution is -2.16. The zero-order chi connectivity index (χ0) is 18.7. The molecule has 0 saturated carbocycles. The van der Waals surface area contributed by atoms with E-state index in [0.717, 1.165) is 12.4 Å². The van der Waals surface area contributed by atoms with Crippen LogP contribution < -0.4 is 10.6 Å². The molecule has 0 atom stereocenters. The molecule has 9 heteroatoms. The van der Waals surface area contributed by atoms with Crippen LogP contribution in [0.3, 0.4) is 0 Å². The Labute approximate surface area is 144 Å². The molecule has 0 fully saturated rings. The molecule has 26 heavy (non-hydrogen) atoms. The molecule has 1 amide bonds. The minimum absolute atomic E-state index is 0.112. The van der Waals surface area contributed by atoms with Crippen LogP contribution in [0.5, 0.6) is 0 Å². The van der Waals surface area contributed by atoms with Gasteiger partial charge in [-0.2, -0.15) is 0 Å². The first-order chi connectivity index (χ1) is 12.5. The van der Waals surface area contributed by atoms with Gasteiger partial charge in [0.05, 0.1) is 11.4 Å². The monoisotopic (exact) mass is 362 g/mol. The SMILES string of the molecule is O=C(Nc1ccc(F)c(F)c1F)c1cc(Nc2ccccc2F)ncn1. The summed E-state index contributed by atoms with van der Waals surface area (Å²) >= 11 is 0. The van der Waals surface area contributed by atoms with E-state index in [2.05, 4.69) is 20.6 Å². The highest BCUT2D eigenvalue weighted by molar-refractivity contribution is 6.03. The van der Waals surface area contributed by atoms with Crippen LogP contribution >= 0.6 is 0 Å². The van der Waals surface area contributed by atoms with Gasteiger partial charge < -0.3 is 10.6 Å². The highest BCUT2D eigenvalue weighted by Crippen LogP contribution is 2.21. The molecule has 0 bridgehead atoms. The number of carbonyl (C=O) groups excluding carboxylic acids is 1. The lowest BCUT2D eigenvalue weighted by Gasteiger charge is -2.09. The molecule has 0 spiro atoms. The fourth-order valence-corrected chi connectivity index (χ4v) is 2.06. The molecule has 3 aromatic rings. The Kier molecular flexibility index (Phi) is 4.78. The minimum atomic E-state index is -1.70. The van der Waals surface area contributed by atoms with Crippen molar-refractivity contribution in [3.05, 3.63) is 77.8 Å². The second kappa shape index (κ2) is 7.18. The summed E-state index contributed by atoms with van der Waals surface area (Å²) in [6.45, 7) is 0. The number of benzene rings is 2. The Balaban J connectivity index is 1.81. The lowest BCUT2D eigenvalue weighted by atomic mass is 10.2. The molecule has 1 aromatic heterocycles. The standard InChI is InChI=1S/C17H10F4N4O/c18-9-3-1-2-4-11(9)24-14-7-13(22-8-23-14)17(26)25-12-6-5-10(19)15(20)16(12)21/h1-8H,(H,25,26)(H,22,23,24). The van der Waals surface area contributed by atoms with Crippen LogP contribution in [0.2, 0.25) is 0 Å². The molecule has 1 heterocycles. The molecule has 0 aliphatic heterocycles. The molecule has 0 aliphatic carbocycles. The topological polar surface area (TPSA) is 66.9 Å². The van der Waals surface area contributed by atoms with Gasteiger partial charge in [0.15, 0.2) is 17.5 Å². The maximum absolute atomic E-state index is 13.6. The highest BCUT2D eigenvalue weighted by Gasteiger charge is 2.17. The molecule has 0 saturated heterocycles. The van der Waals surface area contributed by atoms with Crippen LogP contribution in [0.1, 0.15) is 10.5 Å². The van der Waals surface area contributed by atoms with Crippen LogP contribution in [-0.2, 0) is 0 Å². The number of nitrogens with one attached hydrogen (secondary N) is 2. The maximum atomic E-state index is 13.6. The van der Waals surface area contributed by atoms with Crippen molar-refractivity contribution in [3.8, 4) is 0 Å². The third-order valence-corrected chi connectivity index (χ3v) is 3.32. The van der Waals surface area contributed by atoms with Crippen LogP contribution in [-0.4, -0.2) is 15.9 Å². The number of hydrogen-bond donors (Lipinski definition) is 2. The Hall–Kier alpha value is -3.49. The van der Waals surface area contributed by atoms with E-state index in [1.807, 2.05) is 0 Å². The van der Waals surface area contributed by atoms with Gasteiger partial charge in [0.2, 0.25) is 0 Å². The summed E-state index contributed by atoms with van der Waals surface area (Å²) in [6.07, 6.45) is 1.04. The van der Waals surface area contributed by atoms with Gasteiger partial charge >= 0.3 is 0 Å². The lowest BCUT2D eigenvalue weighted by molar-refractivity contribution is 0.102. The van der Waals surface area contributed by atoms with E-state index in [0.29, 0.717) is 6.07 Å². The van der Waals surface area contributed by atoms with E-state index in [1.54, 1.807) is 6.07 Å². The molecule has 3 rings (SSSR count). The summed E-state index contributed by atoms with van der Waals surface area (Å²) in [5, 5.41) is 4.75. The summed E-state index contributed by atoms with van der Waals surface area (Å²) in [5.41, 5.74) is -0.608. The van der Waals surface area contributed by atoms with Crippen molar-refractivity contribution < 1.29 is 22.4 Å². The first kappa shape index (κ1) is 17.3. The van der Waals surface area contributed by atoms with Crippen LogP contribution in [0.25, 0.3) is 0 Å². The number of carbonyl (C=O) groups is 1. The predicted molar refractivity (Wildman–Crippen MR) is 86.0 cm³/mol. The normalized spacial score (nSPS) is 10.5. The molecule has 2 N–H and O–H groups in total. The minimum Gasteiger partial charge on any atom is -0.338 e. The smallest absolute Gasteiger partial charge is 0.274 e. The van der Waals surface area contributed by atoms with Crippen LogP contribution in [0.4, 0.5) is 34.8 Å². The number of aromatic nitrogens is 2. The number of nitrogens with zero attached hydrogens (tertiary/aromatic N) is 2. The van der Waals surface area contributed by atoms with Crippen LogP contribution in [0, 0.1) is 23.3 Å². The van der Waals surface area contributed by atoms with E-state index in [-0.39, 0.29) is 17.2 Å². The Morgan fingerprint density at radius 3 is 2.38 bits per heavy atom. The maximum Gasteiger partial charge on any atom is 0.274 e. The fourth-order valence-electron chi connectivity index (χ4n) is 2.06. The van der Waals surface area contributed by atoms with Gasteiger partial charge in [0.25, 0.3) is 5.91 Å². The second-order valence-electron chi connectivity index (χ2n) is 5.07. The van der Waals surface area contributed by atoms with Crippen molar-refractivity contribution >= 4 is 23.1 Å². The largest absolute Gasteiger partial charge is 0.338 e. The molecule has 5 nitrogen and oxygen atoms in total. The number of halogens is 4. The quantitative estimate of drug-likeness (QED) is 0.543. The Morgan fingerprint density at radius 1 is 0.846 bits per heavy atom. The van der Waals surface area contributed by atoms with Crippen molar-refractivity contribution in [2.45, 2.75) is 0 Å². The average molecular weight is 362 g/mol. The summed E-state index contributed by atoms with van der Waals surface area (Å²) in [4.78, 5) is 19.7. The number of anilines is 3. The number of rotatable bonds is 4. The van der Waals surface area contributed by atoms with Crippen molar-refractivity contribution in [2.24, 2.45) is 0 Å². The summed E-state index contributed by atoms with van der Waals surface area (Å²) in [6, 6.07) is 8.57. The average Bonchev–Trinajstić information content (AvgIpc) is 2.64. The molecule has 0 aliphatic rings. The number of hydrogen-bond acceptors (Lipinski definition) is 4. The van der Waals surface area contributed by atoms with Gasteiger partial charge in [0.1, 0.15) is 23.7 Å². The van der Waals surface area contributed by atoms with E-state index in [9.17, 15) is 22.4 Å². The first-order valence-corrected chi connectivity index (χ1v) is 7.24. The summed E-state index contributed by atoms with van der Waals surface area (Å²) in [7, 11) is 0. The van der Waals surface area contributed by atoms with Gasteiger partial charge in [-0.3, -0.25) is 4.79 Å². The molecule has 0 radical (unpaired) electrons. The van der Waals surface area contributed by atoms with Gasteiger partial charge in [-0.25, -0.2) is 27.5 Å². The third kappa shape index (κ3) is 3.61. The van der Waals surface area contributed by atoms with E-state index < -0.39 is 34.9 Å². The zero-order valence-electron chi connectivity index (χ0n) is 12.9. The summed E-state index contributed by atoms with van der Waals surface area (Å²) in [5.74, 6) is -5.90.